The minimum absolute atomic E-state index is 0.116. The molecule has 1 aliphatic heterocycles. The molecule has 3 rings (SSSR count). The Balaban J connectivity index is 1.69. The number of alkyl halides is 3. The van der Waals surface area contributed by atoms with Gasteiger partial charge in [-0.25, -0.2) is 4.39 Å². The lowest BCUT2D eigenvalue weighted by Gasteiger charge is -2.17. The molecule has 5 nitrogen and oxygen atoms in total. The normalized spacial score (nSPS) is 18.0. The van der Waals surface area contributed by atoms with Crippen molar-refractivity contribution in [3.8, 4) is 0 Å². The van der Waals surface area contributed by atoms with E-state index in [1.54, 1.807) is 19.1 Å². The van der Waals surface area contributed by atoms with Crippen LogP contribution in [0, 0.1) is 11.7 Å². The average molecular weight is 397 g/mol. The summed E-state index contributed by atoms with van der Waals surface area (Å²) in [4.78, 5) is 16.3. The second kappa shape index (κ2) is 8.14. The number of halogens is 4. The molecule has 2 aromatic rings. The van der Waals surface area contributed by atoms with Gasteiger partial charge < -0.3 is 15.4 Å². The number of hydrogen-bond donors (Lipinski definition) is 2. The molecule has 28 heavy (non-hydrogen) atoms. The van der Waals surface area contributed by atoms with Crippen molar-refractivity contribution in [2.24, 2.45) is 5.92 Å². The summed E-state index contributed by atoms with van der Waals surface area (Å²) in [6.45, 7) is 2.73. The third kappa shape index (κ3) is 4.78. The first kappa shape index (κ1) is 20.1. The monoisotopic (exact) mass is 397 g/mol. The van der Waals surface area contributed by atoms with E-state index >= 15 is 0 Å². The molecule has 0 bridgehead atoms. The van der Waals surface area contributed by atoms with E-state index in [1.165, 1.54) is 6.20 Å². The highest BCUT2D eigenvalue weighted by Gasteiger charge is 2.34. The standard InChI is InChI=1S/C19H19F4N3O2/c1-11(25-18(27)12-6-7-28-10-12)16-5-3-14(9-24-16)26-17-4-2-13(20)8-15(17)19(21,22)23/h2-5,8-9,11-12,26H,6-7,10H2,1H3,(H,25,27)/t11?,12-/m1/s1. The van der Waals surface area contributed by atoms with E-state index in [1.807, 2.05) is 0 Å². The summed E-state index contributed by atoms with van der Waals surface area (Å²) in [6.07, 6.45) is -2.66. The Kier molecular flexibility index (Phi) is 5.83. The number of hydrogen-bond acceptors (Lipinski definition) is 4. The smallest absolute Gasteiger partial charge is 0.381 e. The van der Waals surface area contributed by atoms with Gasteiger partial charge in [-0.3, -0.25) is 9.78 Å². The van der Waals surface area contributed by atoms with Gasteiger partial charge >= 0.3 is 6.18 Å². The van der Waals surface area contributed by atoms with E-state index < -0.39 is 17.6 Å². The maximum atomic E-state index is 13.2. The maximum absolute atomic E-state index is 13.2. The van der Waals surface area contributed by atoms with Crippen molar-refractivity contribution in [2.45, 2.75) is 25.6 Å². The highest BCUT2D eigenvalue weighted by atomic mass is 19.4. The molecule has 1 aromatic carbocycles. The van der Waals surface area contributed by atoms with Crippen LogP contribution in [0.3, 0.4) is 0 Å². The van der Waals surface area contributed by atoms with Gasteiger partial charge in [-0.15, -0.1) is 0 Å². The molecule has 1 saturated heterocycles. The van der Waals surface area contributed by atoms with Crippen molar-refractivity contribution in [2.75, 3.05) is 18.5 Å². The van der Waals surface area contributed by atoms with Gasteiger partial charge in [0.25, 0.3) is 0 Å². The van der Waals surface area contributed by atoms with Crippen molar-refractivity contribution < 1.29 is 27.1 Å². The Hall–Kier alpha value is -2.68. The van der Waals surface area contributed by atoms with Gasteiger partial charge in [-0.1, -0.05) is 0 Å². The Labute approximate surface area is 159 Å². The molecule has 2 atom stereocenters. The van der Waals surface area contributed by atoms with Crippen LogP contribution < -0.4 is 10.6 Å². The van der Waals surface area contributed by atoms with Crippen LogP contribution in [0.5, 0.6) is 0 Å². The van der Waals surface area contributed by atoms with E-state index in [0.717, 1.165) is 12.1 Å². The predicted octanol–water partition coefficient (Wildman–Crippen LogP) is 4.20. The van der Waals surface area contributed by atoms with Crippen LogP contribution in [-0.4, -0.2) is 24.1 Å². The number of aromatic nitrogens is 1. The number of nitrogens with one attached hydrogen (secondary N) is 2. The van der Waals surface area contributed by atoms with E-state index in [-0.39, 0.29) is 23.6 Å². The summed E-state index contributed by atoms with van der Waals surface area (Å²) in [5.41, 5.74) is -0.501. The van der Waals surface area contributed by atoms with Gasteiger partial charge in [-0.05, 0) is 43.7 Å². The molecule has 0 spiro atoms. The third-order valence-electron chi connectivity index (χ3n) is 4.46. The summed E-state index contributed by atoms with van der Waals surface area (Å²) in [6, 6.07) is 5.21. The largest absolute Gasteiger partial charge is 0.418 e. The number of nitrogens with zero attached hydrogens (tertiary/aromatic N) is 1. The van der Waals surface area contributed by atoms with Crippen LogP contribution in [0.4, 0.5) is 28.9 Å². The van der Waals surface area contributed by atoms with Crippen molar-refractivity contribution in [1.29, 1.82) is 0 Å². The molecule has 1 aliphatic rings. The molecule has 2 heterocycles. The molecule has 1 amide bonds. The number of amides is 1. The fraction of sp³-hybridized carbons (Fsp3) is 0.368. The molecule has 1 unspecified atom stereocenters. The zero-order valence-electron chi connectivity index (χ0n) is 15.0. The molecule has 9 heteroatoms. The Bertz CT molecular complexity index is 834. The van der Waals surface area contributed by atoms with Crippen molar-refractivity contribution in [3.05, 3.63) is 53.6 Å². The van der Waals surface area contributed by atoms with Crippen LogP contribution in [0.25, 0.3) is 0 Å². The molecule has 0 saturated carbocycles. The Morgan fingerprint density at radius 3 is 2.68 bits per heavy atom. The highest BCUT2D eigenvalue weighted by molar-refractivity contribution is 5.79. The van der Waals surface area contributed by atoms with Gasteiger partial charge in [0.1, 0.15) is 5.82 Å². The number of anilines is 2. The lowest BCUT2D eigenvalue weighted by Crippen LogP contribution is -2.33. The third-order valence-corrected chi connectivity index (χ3v) is 4.46. The van der Waals surface area contributed by atoms with Crippen LogP contribution in [0.2, 0.25) is 0 Å². The van der Waals surface area contributed by atoms with Gasteiger partial charge in [0.05, 0.1) is 47.4 Å². The number of pyridine rings is 1. The summed E-state index contributed by atoms with van der Waals surface area (Å²) < 4.78 is 57.6. The van der Waals surface area contributed by atoms with Crippen molar-refractivity contribution in [3.63, 3.8) is 0 Å². The second-order valence-electron chi connectivity index (χ2n) is 6.58. The molecule has 1 fully saturated rings. The number of benzene rings is 1. The van der Waals surface area contributed by atoms with Gasteiger partial charge in [-0.2, -0.15) is 13.2 Å². The number of carbonyl (C=O) groups is 1. The summed E-state index contributed by atoms with van der Waals surface area (Å²) in [7, 11) is 0. The molecular formula is C19H19F4N3O2. The minimum Gasteiger partial charge on any atom is -0.381 e. The van der Waals surface area contributed by atoms with Crippen molar-refractivity contribution >= 4 is 17.3 Å². The van der Waals surface area contributed by atoms with E-state index in [4.69, 9.17) is 4.74 Å². The molecule has 150 valence electrons. The number of carbonyl (C=O) groups excluding carboxylic acids is 1. The first-order valence-electron chi connectivity index (χ1n) is 8.72. The van der Waals surface area contributed by atoms with E-state index in [9.17, 15) is 22.4 Å². The van der Waals surface area contributed by atoms with Gasteiger partial charge in [0, 0.05) is 6.61 Å². The second-order valence-corrected chi connectivity index (χ2v) is 6.58. The molecular weight excluding hydrogens is 378 g/mol. The summed E-state index contributed by atoms with van der Waals surface area (Å²) in [5, 5.41) is 5.46. The van der Waals surface area contributed by atoms with Crippen LogP contribution >= 0.6 is 0 Å². The summed E-state index contributed by atoms with van der Waals surface area (Å²) in [5.74, 6) is -1.26. The fourth-order valence-corrected chi connectivity index (χ4v) is 2.90. The summed E-state index contributed by atoms with van der Waals surface area (Å²) >= 11 is 0. The van der Waals surface area contributed by atoms with E-state index in [0.29, 0.717) is 37.1 Å². The highest BCUT2D eigenvalue weighted by Crippen LogP contribution is 2.36. The quantitative estimate of drug-likeness (QED) is 0.743. The zero-order chi connectivity index (χ0) is 20.3. The Morgan fingerprint density at radius 1 is 1.29 bits per heavy atom. The molecule has 0 radical (unpaired) electrons. The predicted molar refractivity (Wildman–Crippen MR) is 94.4 cm³/mol. The van der Waals surface area contributed by atoms with Crippen LogP contribution in [0.15, 0.2) is 36.5 Å². The first-order valence-corrected chi connectivity index (χ1v) is 8.72. The Morgan fingerprint density at radius 2 is 2.07 bits per heavy atom. The topological polar surface area (TPSA) is 63.2 Å². The lowest BCUT2D eigenvalue weighted by atomic mass is 10.1. The van der Waals surface area contributed by atoms with E-state index in [2.05, 4.69) is 15.6 Å². The SMILES string of the molecule is CC(NC(=O)[C@@H]1CCOC1)c1ccc(Nc2ccc(F)cc2C(F)(F)F)cn1. The molecule has 2 N–H and O–H groups in total. The van der Waals surface area contributed by atoms with Crippen LogP contribution in [0.1, 0.15) is 30.6 Å². The van der Waals surface area contributed by atoms with Gasteiger partial charge in [0.15, 0.2) is 0 Å². The van der Waals surface area contributed by atoms with Crippen LogP contribution in [-0.2, 0) is 15.7 Å². The fourth-order valence-electron chi connectivity index (χ4n) is 2.90. The van der Waals surface area contributed by atoms with Crippen molar-refractivity contribution in [1.82, 2.24) is 10.3 Å². The minimum atomic E-state index is -4.69. The average Bonchev–Trinajstić information content (AvgIpc) is 3.18. The molecule has 0 aliphatic carbocycles. The van der Waals surface area contributed by atoms with Gasteiger partial charge in [0.2, 0.25) is 5.91 Å². The maximum Gasteiger partial charge on any atom is 0.418 e. The number of rotatable bonds is 5. The first-order chi connectivity index (χ1) is 13.2. The zero-order valence-corrected chi connectivity index (χ0v) is 15.0. The number of ether oxygens (including phenoxy) is 1. The lowest BCUT2D eigenvalue weighted by molar-refractivity contribution is -0.137. The molecule has 1 aromatic heterocycles.